The molecule has 5 aromatic rings. The molecule has 7 nitrogen and oxygen atoms in total. The van der Waals surface area contributed by atoms with E-state index in [2.05, 4.69) is 4.98 Å². The summed E-state index contributed by atoms with van der Waals surface area (Å²) in [6.07, 6.45) is 0. The third kappa shape index (κ3) is 2.33. The van der Waals surface area contributed by atoms with Gasteiger partial charge in [-0.1, -0.05) is 30.3 Å². The van der Waals surface area contributed by atoms with Gasteiger partial charge in [-0.25, -0.2) is 9.18 Å². The lowest BCUT2D eigenvalue weighted by molar-refractivity contribution is 0.627. The van der Waals surface area contributed by atoms with Crippen molar-refractivity contribution in [2.24, 2.45) is 14.1 Å². The van der Waals surface area contributed by atoms with Crippen LogP contribution in [0, 0.1) is 12.7 Å². The summed E-state index contributed by atoms with van der Waals surface area (Å²) in [6.45, 7) is 1.90. The quantitative estimate of drug-likeness (QED) is 0.455. The van der Waals surface area contributed by atoms with Gasteiger partial charge in [0, 0.05) is 31.0 Å². The lowest BCUT2D eigenvalue weighted by atomic mass is 10.1. The Kier molecular flexibility index (Phi) is 3.79. The molecule has 0 bridgehead atoms. The largest absolute Gasteiger partial charge is 0.332 e. The molecule has 0 aliphatic carbocycles. The van der Waals surface area contributed by atoms with Crippen molar-refractivity contribution in [2.75, 3.05) is 0 Å². The van der Waals surface area contributed by atoms with E-state index >= 15 is 0 Å². The molecule has 0 aliphatic heterocycles. The van der Waals surface area contributed by atoms with E-state index in [0.717, 1.165) is 21.5 Å². The number of aromatic nitrogens is 5. The number of hydrogen-bond acceptors (Lipinski definition) is 3. The van der Waals surface area contributed by atoms with Crippen molar-refractivity contribution in [3.63, 3.8) is 0 Å². The lowest BCUT2D eigenvalue weighted by Gasteiger charge is -2.10. The van der Waals surface area contributed by atoms with Crippen molar-refractivity contribution in [1.29, 1.82) is 0 Å². The normalized spacial score (nSPS) is 11.6. The van der Waals surface area contributed by atoms with Crippen molar-refractivity contribution in [2.45, 2.75) is 6.92 Å². The van der Waals surface area contributed by atoms with E-state index in [1.807, 2.05) is 41.8 Å². The summed E-state index contributed by atoms with van der Waals surface area (Å²) in [6, 6.07) is 15.8. The Hall–Kier alpha value is -3.94. The summed E-state index contributed by atoms with van der Waals surface area (Å²) in [5, 5.41) is 0. The average molecular weight is 403 g/mol. The molecular weight excluding hydrogens is 385 g/mol. The van der Waals surface area contributed by atoms with Gasteiger partial charge in [-0.2, -0.15) is 4.98 Å². The molecule has 30 heavy (non-hydrogen) atoms. The first-order chi connectivity index (χ1) is 14.4. The zero-order chi connectivity index (χ0) is 21.2. The first-order valence-electron chi connectivity index (χ1n) is 9.41. The summed E-state index contributed by atoms with van der Waals surface area (Å²) in [5.41, 5.74) is 3.02. The maximum atomic E-state index is 13.6. The number of imidazole rings is 2. The van der Waals surface area contributed by atoms with Gasteiger partial charge in [0.05, 0.1) is 5.69 Å². The highest BCUT2D eigenvalue weighted by Gasteiger charge is 2.24. The first kappa shape index (κ1) is 18.1. The molecule has 5 rings (SSSR count). The van der Waals surface area contributed by atoms with Gasteiger partial charge in [0.2, 0.25) is 5.78 Å². The van der Waals surface area contributed by atoms with E-state index in [1.165, 1.54) is 23.7 Å². The van der Waals surface area contributed by atoms with Crippen molar-refractivity contribution in [1.82, 2.24) is 23.1 Å². The first-order valence-corrected chi connectivity index (χ1v) is 9.41. The van der Waals surface area contributed by atoms with Crippen LogP contribution in [0.25, 0.3) is 33.9 Å². The molecule has 0 aliphatic rings. The van der Waals surface area contributed by atoms with E-state index < -0.39 is 11.2 Å². The van der Waals surface area contributed by atoms with E-state index in [-0.39, 0.29) is 5.82 Å². The van der Waals surface area contributed by atoms with Crippen LogP contribution in [0.15, 0.2) is 64.2 Å². The van der Waals surface area contributed by atoms with Crippen LogP contribution in [0.3, 0.4) is 0 Å². The minimum absolute atomic E-state index is 0.302. The maximum absolute atomic E-state index is 13.6. The maximum Gasteiger partial charge on any atom is 0.332 e. The molecule has 0 saturated carbocycles. The Morgan fingerprint density at radius 3 is 2.23 bits per heavy atom. The highest BCUT2D eigenvalue weighted by Crippen LogP contribution is 2.32. The molecule has 0 amide bonds. The number of rotatable bonds is 2. The molecule has 0 N–H and O–H groups in total. The van der Waals surface area contributed by atoms with Gasteiger partial charge in [-0.3, -0.25) is 22.9 Å². The van der Waals surface area contributed by atoms with Crippen molar-refractivity contribution >= 4 is 16.9 Å². The van der Waals surface area contributed by atoms with Crippen LogP contribution >= 0.6 is 0 Å². The molecule has 0 radical (unpaired) electrons. The highest BCUT2D eigenvalue weighted by atomic mass is 19.1. The summed E-state index contributed by atoms with van der Waals surface area (Å²) in [5.74, 6) is 0.135. The molecular formula is C22H18FN5O2. The number of benzene rings is 2. The van der Waals surface area contributed by atoms with Gasteiger partial charge in [-0.05, 0) is 31.2 Å². The topological polar surface area (TPSA) is 66.2 Å². The summed E-state index contributed by atoms with van der Waals surface area (Å²) < 4.78 is 19.7. The fourth-order valence-electron chi connectivity index (χ4n) is 3.99. The number of nitrogens with zero attached hydrogens (tertiary/aromatic N) is 5. The van der Waals surface area contributed by atoms with Gasteiger partial charge < -0.3 is 0 Å². The van der Waals surface area contributed by atoms with Gasteiger partial charge in [-0.15, -0.1) is 0 Å². The predicted octanol–water partition coefficient (Wildman–Crippen LogP) is 2.79. The summed E-state index contributed by atoms with van der Waals surface area (Å²) in [7, 11) is 3.04. The predicted molar refractivity (Wildman–Crippen MR) is 113 cm³/mol. The smallest absolute Gasteiger partial charge is 0.279 e. The fraction of sp³-hybridized carbons (Fsp3) is 0.136. The molecule has 3 heterocycles. The van der Waals surface area contributed by atoms with Gasteiger partial charge in [0.1, 0.15) is 5.82 Å². The monoisotopic (exact) mass is 403 g/mol. The van der Waals surface area contributed by atoms with Crippen LogP contribution in [0.4, 0.5) is 4.39 Å². The van der Waals surface area contributed by atoms with Crippen molar-refractivity contribution < 1.29 is 4.39 Å². The zero-order valence-electron chi connectivity index (χ0n) is 16.6. The third-order valence-corrected chi connectivity index (χ3v) is 5.47. The SMILES string of the molecule is Cc1c(-c2ccccc2)n(-c2ccc(F)cc2)c2nc3c(c(=O)n(C)c(=O)n3C)n12. The van der Waals surface area contributed by atoms with Crippen LogP contribution in [0.1, 0.15) is 5.69 Å². The molecule has 0 spiro atoms. The Morgan fingerprint density at radius 1 is 0.900 bits per heavy atom. The third-order valence-electron chi connectivity index (χ3n) is 5.47. The second-order valence-electron chi connectivity index (χ2n) is 7.24. The molecule has 0 fully saturated rings. The molecule has 0 atom stereocenters. The average Bonchev–Trinajstić information content (AvgIpc) is 3.27. The van der Waals surface area contributed by atoms with Crippen LogP contribution in [-0.4, -0.2) is 23.1 Å². The van der Waals surface area contributed by atoms with E-state index in [1.54, 1.807) is 23.6 Å². The van der Waals surface area contributed by atoms with Crippen LogP contribution in [-0.2, 0) is 14.1 Å². The Balaban J connectivity index is 2.03. The number of hydrogen-bond donors (Lipinski definition) is 0. The fourth-order valence-corrected chi connectivity index (χ4v) is 3.99. The Bertz CT molecular complexity index is 1550. The molecule has 2 aromatic carbocycles. The van der Waals surface area contributed by atoms with E-state index in [9.17, 15) is 14.0 Å². The summed E-state index contributed by atoms with van der Waals surface area (Å²) in [4.78, 5) is 30.1. The van der Waals surface area contributed by atoms with Crippen molar-refractivity contribution in [3.8, 4) is 16.9 Å². The molecule has 0 saturated heterocycles. The number of fused-ring (bicyclic) bond motifs is 3. The Morgan fingerprint density at radius 2 is 1.57 bits per heavy atom. The summed E-state index contributed by atoms with van der Waals surface area (Å²) >= 11 is 0. The molecule has 8 heteroatoms. The van der Waals surface area contributed by atoms with E-state index in [0.29, 0.717) is 22.6 Å². The van der Waals surface area contributed by atoms with Crippen LogP contribution < -0.4 is 11.2 Å². The number of halogens is 1. The van der Waals surface area contributed by atoms with E-state index in [4.69, 9.17) is 0 Å². The van der Waals surface area contributed by atoms with Crippen LogP contribution in [0.2, 0.25) is 0 Å². The molecule has 0 unspecified atom stereocenters. The van der Waals surface area contributed by atoms with Crippen molar-refractivity contribution in [3.05, 3.63) is 86.9 Å². The van der Waals surface area contributed by atoms with Gasteiger partial charge >= 0.3 is 5.69 Å². The van der Waals surface area contributed by atoms with Crippen LogP contribution in [0.5, 0.6) is 0 Å². The van der Waals surface area contributed by atoms with Gasteiger partial charge in [0.15, 0.2) is 11.2 Å². The lowest BCUT2D eigenvalue weighted by Crippen LogP contribution is -2.37. The second kappa shape index (κ2) is 6.28. The minimum Gasteiger partial charge on any atom is -0.279 e. The van der Waals surface area contributed by atoms with Gasteiger partial charge in [0.25, 0.3) is 5.56 Å². The molecule has 150 valence electrons. The second-order valence-corrected chi connectivity index (χ2v) is 7.24. The molecule has 3 aromatic heterocycles. The zero-order valence-corrected chi connectivity index (χ0v) is 16.6. The minimum atomic E-state index is -0.442. The Labute approximate surface area is 169 Å². The highest BCUT2D eigenvalue weighted by molar-refractivity contribution is 5.81. The number of aryl methyl sites for hydroxylation is 2. The standard InChI is InChI=1S/C22H18FN5O2/c1-13-17(14-7-5-4-6-8-14)28(16-11-9-15(23)10-12-16)21-24-19-18(27(13)21)20(29)26(3)22(30)25(19)2/h4-12H,1-3H3.